The molecular weight excluding hydrogens is 208 g/mol. The minimum Gasteiger partial charge on any atom is -0.456 e. The molecule has 0 atom stereocenters. The molecule has 2 aromatic carbocycles. The Morgan fingerprint density at radius 1 is 0.941 bits per heavy atom. The van der Waals surface area contributed by atoms with Crippen molar-refractivity contribution in [1.82, 2.24) is 0 Å². The minimum atomic E-state index is 0.946. The Kier molecular flexibility index (Phi) is 2.45. The molecular formula is C16H14O. The summed E-state index contributed by atoms with van der Waals surface area (Å²) in [6.07, 6.45) is 1.05. The number of aryl methyl sites for hydroxylation is 1. The Labute approximate surface area is 101 Å². The first-order valence-electron chi connectivity index (χ1n) is 5.94. The van der Waals surface area contributed by atoms with E-state index in [1.165, 1.54) is 5.56 Å². The molecule has 0 fully saturated rings. The molecule has 0 aliphatic heterocycles. The number of hydrogen-bond donors (Lipinski definition) is 0. The number of para-hydroxylation sites is 1. The number of furan rings is 1. The van der Waals surface area contributed by atoms with E-state index in [1.54, 1.807) is 0 Å². The fraction of sp³-hybridized carbons (Fsp3) is 0.125. The fourth-order valence-electron chi connectivity index (χ4n) is 2.07. The number of benzene rings is 2. The zero-order valence-corrected chi connectivity index (χ0v) is 9.81. The van der Waals surface area contributed by atoms with Crippen LogP contribution in [-0.4, -0.2) is 0 Å². The normalized spacial score (nSPS) is 10.9. The van der Waals surface area contributed by atoms with Gasteiger partial charge in [-0.2, -0.15) is 0 Å². The summed E-state index contributed by atoms with van der Waals surface area (Å²) in [6, 6.07) is 18.7. The lowest BCUT2D eigenvalue weighted by Gasteiger charge is -1.99. The number of hydrogen-bond acceptors (Lipinski definition) is 1. The molecule has 0 amide bonds. The maximum atomic E-state index is 5.85. The van der Waals surface area contributed by atoms with Crippen molar-refractivity contribution in [3.8, 4) is 11.3 Å². The molecule has 0 spiro atoms. The van der Waals surface area contributed by atoms with Crippen molar-refractivity contribution in [2.24, 2.45) is 0 Å². The van der Waals surface area contributed by atoms with Crippen LogP contribution in [0.2, 0.25) is 0 Å². The van der Waals surface area contributed by atoms with Crippen LogP contribution >= 0.6 is 0 Å². The highest BCUT2D eigenvalue weighted by Gasteiger charge is 2.05. The third-order valence-corrected chi connectivity index (χ3v) is 3.05. The van der Waals surface area contributed by atoms with Crippen LogP contribution in [0.1, 0.15) is 12.5 Å². The van der Waals surface area contributed by atoms with E-state index in [-0.39, 0.29) is 0 Å². The van der Waals surface area contributed by atoms with Crippen molar-refractivity contribution in [2.75, 3.05) is 0 Å². The van der Waals surface area contributed by atoms with Crippen LogP contribution in [0.3, 0.4) is 0 Å². The first kappa shape index (κ1) is 10.2. The SMILES string of the molecule is CCc1cccc(-c2cc3ccccc3o2)c1. The molecule has 1 heteroatoms. The lowest BCUT2D eigenvalue weighted by molar-refractivity contribution is 0.631. The van der Waals surface area contributed by atoms with Crippen LogP contribution in [0.15, 0.2) is 59.0 Å². The molecule has 0 radical (unpaired) electrons. The van der Waals surface area contributed by atoms with Crippen LogP contribution in [0.4, 0.5) is 0 Å². The maximum Gasteiger partial charge on any atom is 0.135 e. The van der Waals surface area contributed by atoms with Crippen LogP contribution in [0.5, 0.6) is 0 Å². The highest BCUT2D eigenvalue weighted by molar-refractivity contribution is 5.82. The summed E-state index contributed by atoms with van der Waals surface area (Å²) in [5.74, 6) is 0.946. The quantitative estimate of drug-likeness (QED) is 0.614. The van der Waals surface area contributed by atoms with Gasteiger partial charge in [-0.25, -0.2) is 0 Å². The third-order valence-electron chi connectivity index (χ3n) is 3.05. The van der Waals surface area contributed by atoms with Crippen molar-refractivity contribution >= 4 is 11.0 Å². The van der Waals surface area contributed by atoms with Crippen molar-refractivity contribution in [2.45, 2.75) is 13.3 Å². The summed E-state index contributed by atoms with van der Waals surface area (Å²) in [4.78, 5) is 0. The Hall–Kier alpha value is -2.02. The molecule has 0 saturated carbocycles. The van der Waals surface area contributed by atoms with Gasteiger partial charge in [0.15, 0.2) is 0 Å². The summed E-state index contributed by atoms with van der Waals surface area (Å²) in [6.45, 7) is 2.16. The first-order chi connectivity index (χ1) is 8.36. The average molecular weight is 222 g/mol. The Bertz CT molecular complexity index is 616. The highest BCUT2D eigenvalue weighted by atomic mass is 16.3. The zero-order valence-electron chi connectivity index (χ0n) is 9.81. The summed E-state index contributed by atoms with van der Waals surface area (Å²) in [5, 5.41) is 1.16. The number of rotatable bonds is 2. The second kappa shape index (κ2) is 4.10. The third kappa shape index (κ3) is 1.84. The largest absolute Gasteiger partial charge is 0.456 e. The average Bonchev–Trinajstić information content (AvgIpc) is 2.82. The zero-order chi connectivity index (χ0) is 11.7. The van der Waals surface area contributed by atoms with E-state index >= 15 is 0 Å². The smallest absolute Gasteiger partial charge is 0.135 e. The van der Waals surface area contributed by atoms with Gasteiger partial charge in [-0.05, 0) is 30.2 Å². The fourth-order valence-corrected chi connectivity index (χ4v) is 2.07. The van der Waals surface area contributed by atoms with Crippen LogP contribution in [0, 0.1) is 0 Å². The molecule has 3 rings (SSSR count). The molecule has 0 N–H and O–H groups in total. The van der Waals surface area contributed by atoms with Gasteiger partial charge in [0.05, 0.1) is 0 Å². The lowest BCUT2D eigenvalue weighted by Crippen LogP contribution is -1.80. The summed E-state index contributed by atoms with van der Waals surface area (Å²) >= 11 is 0. The topological polar surface area (TPSA) is 13.1 Å². The Morgan fingerprint density at radius 3 is 2.65 bits per heavy atom. The molecule has 0 aliphatic rings. The first-order valence-corrected chi connectivity index (χ1v) is 5.94. The van der Waals surface area contributed by atoms with Crippen LogP contribution in [0.25, 0.3) is 22.3 Å². The van der Waals surface area contributed by atoms with Gasteiger partial charge < -0.3 is 4.42 Å². The van der Waals surface area contributed by atoms with Crippen LogP contribution in [-0.2, 0) is 6.42 Å². The van der Waals surface area contributed by atoms with E-state index in [0.717, 1.165) is 28.7 Å². The van der Waals surface area contributed by atoms with E-state index in [1.807, 2.05) is 18.2 Å². The summed E-state index contributed by atoms with van der Waals surface area (Å²) < 4.78 is 5.85. The predicted molar refractivity (Wildman–Crippen MR) is 71.0 cm³/mol. The van der Waals surface area contributed by atoms with E-state index in [2.05, 4.69) is 43.3 Å². The second-order valence-electron chi connectivity index (χ2n) is 4.20. The number of fused-ring (bicyclic) bond motifs is 1. The van der Waals surface area contributed by atoms with E-state index in [9.17, 15) is 0 Å². The van der Waals surface area contributed by atoms with Crippen LogP contribution < -0.4 is 0 Å². The molecule has 17 heavy (non-hydrogen) atoms. The van der Waals surface area contributed by atoms with Gasteiger partial charge in [0.2, 0.25) is 0 Å². The van der Waals surface area contributed by atoms with Crippen molar-refractivity contribution in [1.29, 1.82) is 0 Å². The van der Waals surface area contributed by atoms with E-state index < -0.39 is 0 Å². The summed E-state index contributed by atoms with van der Waals surface area (Å²) in [5.41, 5.74) is 3.44. The van der Waals surface area contributed by atoms with Crippen molar-refractivity contribution in [3.63, 3.8) is 0 Å². The van der Waals surface area contributed by atoms with Gasteiger partial charge in [-0.15, -0.1) is 0 Å². The standard InChI is InChI=1S/C16H14O/c1-2-12-6-5-8-13(10-12)16-11-14-7-3-4-9-15(14)17-16/h3-11H,2H2,1H3. The lowest BCUT2D eigenvalue weighted by atomic mass is 10.1. The van der Waals surface area contributed by atoms with E-state index in [4.69, 9.17) is 4.42 Å². The molecule has 3 aromatic rings. The molecule has 1 heterocycles. The van der Waals surface area contributed by atoms with Gasteiger partial charge in [0.25, 0.3) is 0 Å². The Balaban J connectivity index is 2.13. The van der Waals surface area contributed by atoms with Gasteiger partial charge >= 0.3 is 0 Å². The molecule has 1 aromatic heterocycles. The molecule has 84 valence electrons. The van der Waals surface area contributed by atoms with Crippen molar-refractivity contribution in [3.05, 3.63) is 60.2 Å². The summed E-state index contributed by atoms with van der Waals surface area (Å²) in [7, 11) is 0. The van der Waals surface area contributed by atoms with Crippen molar-refractivity contribution < 1.29 is 4.42 Å². The van der Waals surface area contributed by atoms with Gasteiger partial charge in [0, 0.05) is 10.9 Å². The second-order valence-corrected chi connectivity index (χ2v) is 4.20. The minimum absolute atomic E-state index is 0.946. The monoisotopic (exact) mass is 222 g/mol. The van der Waals surface area contributed by atoms with E-state index in [0.29, 0.717) is 0 Å². The maximum absolute atomic E-state index is 5.85. The Morgan fingerprint density at radius 2 is 1.82 bits per heavy atom. The highest BCUT2D eigenvalue weighted by Crippen LogP contribution is 2.28. The molecule has 1 nitrogen and oxygen atoms in total. The molecule has 0 bridgehead atoms. The van der Waals surface area contributed by atoms with Gasteiger partial charge in [0.1, 0.15) is 11.3 Å². The molecule has 0 saturated heterocycles. The molecule has 0 unspecified atom stereocenters. The van der Waals surface area contributed by atoms with Gasteiger partial charge in [-0.1, -0.05) is 43.3 Å². The van der Waals surface area contributed by atoms with Gasteiger partial charge in [-0.3, -0.25) is 0 Å². The predicted octanol–water partition coefficient (Wildman–Crippen LogP) is 4.66. The molecule has 0 aliphatic carbocycles.